The number of halogens is 1. The van der Waals surface area contributed by atoms with Gasteiger partial charge in [-0.2, -0.15) is 0 Å². The van der Waals surface area contributed by atoms with Gasteiger partial charge in [0.05, 0.1) is 34.9 Å². The summed E-state index contributed by atoms with van der Waals surface area (Å²) in [5, 5.41) is 1.01. The third kappa shape index (κ3) is 5.64. The maximum Gasteiger partial charge on any atom is 0.512 e. The molecule has 3 saturated heterocycles. The minimum absolute atomic E-state index is 0.144. The normalized spacial score (nSPS) is 22.3. The number of carbonyl (C=O) groups is 1. The van der Waals surface area contributed by atoms with Crippen molar-refractivity contribution in [2.45, 2.75) is 62.7 Å². The van der Waals surface area contributed by atoms with Gasteiger partial charge in [-0.15, -0.1) is 0 Å². The molecule has 3 aromatic rings. The molecule has 1 amide bonds. The summed E-state index contributed by atoms with van der Waals surface area (Å²) >= 11 is 3.54. The Morgan fingerprint density at radius 2 is 1.74 bits per heavy atom. The van der Waals surface area contributed by atoms with E-state index in [9.17, 15) is 13.2 Å². The van der Waals surface area contributed by atoms with Crippen molar-refractivity contribution in [1.29, 1.82) is 0 Å². The van der Waals surface area contributed by atoms with Crippen LogP contribution >= 0.6 is 15.9 Å². The molecular formula is C30H37BBrN3O6S. The van der Waals surface area contributed by atoms with Crippen LogP contribution in [0.3, 0.4) is 0 Å². The van der Waals surface area contributed by atoms with Gasteiger partial charge in [-0.1, -0.05) is 12.1 Å². The number of benzene rings is 2. The second-order valence-corrected chi connectivity index (χ2v) is 15.3. The lowest BCUT2D eigenvalue weighted by Gasteiger charge is -2.33. The van der Waals surface area contributed by atoms with E-state index in [1.54, 1.807) is 17.0 Å². The fourth-order valence-corrected chi connectivity index (χ4v) is 7.80. The molecule has 3 aliphatic rings. The SMILES string of the molecule is CC1(C)OB(c2cc3ccc(C4CN(C(=O)CS(=O)(=O)c5ccc(N6CCCC6)c(Br)c5)CCO4)cc3[nH]2)OC1(C)C. The number of ether oxygens (including phenoxy) is 1. The van der Waals surface area contributed by atoms with E-state index < -0.39 is 39.8 Å². The molecule has 6 rings (SSSR count). The third-order valence-electron chi connectivity index (χ3n) is 9.00. The molecule has 1 N–H and O–H groups in total. The second-order valence-electron chi connectivity index (χ2n) is 12.4. The average molecular weight is 658 g/mol. The van der Waals surface area contributed by atoms with Crippen LogP contribution in [0.1, 0.15) is 52.2 Å². The van der Waals surface area contributed by atoms with Gasteiger partial charge in [0.2, 0.25) is 5.91 Å². The van der Waals surface area contributed by atoms with Crippen LogP contribution in [0.4, 0.5) is 5.69 Å². The number of rotatable bonds is 6. The Labute approximate surface area is 256 Å². The number of aromatic amines is 1. The number of nitrogens with zero attached hydrogens (tertiary/aromatic N) is 2. The molecule has 42 heavy (non-hydrogen) atoms. The van der Waals surface area contributed by atoms with Crippen molar-refractivity contribution in [2.75, 3.05) is 43.4 Å². The molecule has 0 bridgehead atoms. The van der Waals surface area contributed by atoms with E-state index in [1.807, 2.05) is 58.0 Å². The maximum absolute atomic E-state index is 13.2. The van der Waals surface area contributed by atoms with E-state index in [2.05, 4.69) is 25.8 Å². The number of hydrogen-bond donors (Lipinski definition) is 1. The number of sulfone groups is 1. The lowest BCUT2D eigenvalue weighted by Crippen LogP contribution is -2.44. The molecule has 1 aromatic heterocycles. The van der Waals surface area contributed by atoms with Crippen LogP contribution < -0.4 is 10.5 Å². The predicted octanol–water partition coefficient (Wildman–Crippen LogP) is 4.20. The zero-order chi connectivity index (χ0) is 29.9. The summed E-state index contributed by atoms with van der Waals surface area (Å²) in [7, 11) is -4.31. The molecule has 9 nitrogen and oxygen atoms in total. The van der Waals surface area contributed by atoms with Gasteiger partial charge in [0.25, 0.3) is 0 Å². The van der Waals surface area contributed by atoms with E-state index in [4.69, 9.17) is 14.0 Å². The third-order valence-corrected chi connectivity index (χ3v) is 11.2. The van der Waals surface area contributed by atoms with Crippen LogP contribution in [0.25, 0.3) is 10.9 Å². The lowest BCUT2D eigenvalue weighted by atomic mass is 9.85. The first-order valence-corrected chi connectivity index (χ1v) is 16.9. The molecule has 1 unspecified atom stereocenters. The first-order chi connectivity index (χ1) is 19.8. The summed E-state index contributed by atoms with van der Waals surface area (Å²) in [4.78, 5) is 20.6. The number of morpholine rings is 1. The number of nitrogens with one attached hydrogen (secondary N) is 1. The van der Waals surface area contributed by atoms with Gasteiger partial charge < -0.3 is 28.8 Å². The summed E-state index contributed by atoms with van der Waals surface area (Å²) in [5.41, 5.74) is 2.77. The van der Waals surface area contributed by atoms with Crippen LogP contribution in [0.5, 0.6) is 0 Å². The van der Waals surface area contributed by atoms with Gasteiger partial charge in [0, 0.05) is 35.2 Å². The van der Waals surface area contributed by atoms with Crippen molar-refractivity contribution in [1.82, 2.24) is 9.88 Å². The Kier molecular flexibility index (Phi) is 7.75. The Morgan fingerprint density at radius 3 is 2.43 bits per heavy atom. The number of fused-ring (bicyclic) bond motifs is 1. The molecule has 0 spiro atoms. The Morgan fingerprint density at radius 1 is 1.02 bits per heavy atom. The van der Waals surface area contributed by atoms with Crippen molar-refractivity contribution in [3.8, 4) is 0 Å². The number of hydrogen-bond acceptors (Lipinski definition) is 7. The zero-order valence-corrected chi connectivity index (χ0v) is 26.9. The van der Waals surface area contributed by atoms with Crippen LogP contribution in [0.2, 0.25) is 0 Å². The van der Waals surface area contributed by atoms with Gasteiger partial charge in [0.1, 0.15) is 11.9 Å². The lowest BCUT2D eigenvalue weighted by molar-refractivity contribution is -0.136. The number of carbonyl (C=O) groups excluding carboxylic acids is 1. The fraction of sp³-hybridized carbons (Fsp3) is 0.500. The molecule has 3 aliphatic heterocycles. The summed E-state index contributed by atoms with van der Waals surface area (Å²) in [5.74, 6) is -1.01. The highest BCUT2D eigenvalue weighted by Gasteiger charge is 2.52. The summed E-state index contributed by atoms with van der Waals surface area (Å²) < 4.78 is 45.6. The van der Waals surface area contributed by atoms with Gasteiger partial charge in [-0.05, 0) is 97.7 Å². The summed E-state index contributed by atoms with van der Waals surface area (Å²) in [6, 6.07) is 13.1. The standard InChI is InChI=1S/C30H37BBrN3O6S/c1-29(2)30(3,4)41-31(40-29)27-16-20-7-8-21(15-24(20)33-27)26-18-35(13-14-39-26)28(36)19-42(37,38)22-9-10-25(23(32)17-22)34-11-5-6-12-34/h7-10,15-17,26,33H,5-6,11-14,18-19H2,1-4H3. The molecule has 3 fully saturated rings. The van der Waals surface area contributed by atoms with Crippen LogP contribution in [0.15, 0.2) is 51.8 Å². The van der Waals surface area contributed by atoms with Crippen molar-refractivity contribution in [3.63, 3.8) is 0 Å². The van der Waals surface area contributed by atoms with Crippen molar-refractivity contribution >= 4 is 61.0 Å². The molecule has 0 saturated carbocycles. The van der Waals surface area contributed by atoms with Crippen molar-refractivity contribution in [2.24, 2.45) is 0 Å². The number of amides is 1. The maximum atomic E-state index is 13.2. The number of H-pyrrole nitrogens is 1. The summed E-state index contributed by atoms with van der Waals surface area (Å²) in [6.45, 7) is 11.0. The quantitative estimate of drug-likeness (QED) is 0.397. The topological polar surface area (TPSA) is 101 Å². The van der Waals surface area contributed by atoms with Gasteiger partial charge >= 0.3 is 7.12 Å². The Hall–Kier alpha value is -2.38. The van der Waals surface area contributed by atoms with E-state index in [-0.39, 0.29) is 17.5 Å². The van der Waals surface area contributed by atoms with E-state index in [0.717, 1.165) is 58.2 Å². The van der Waals surface area contributed by atoms with Crippen LogP contribution in [0, 0.1) is 0 Å². The molecule has 12 heteroatoms. The monoisotopic (exact) mass is 657 g/mol. The average Bonchev–Trinajstić information content (AvgIpc) is 3.66. The zero-order valence-electron chi connectivity index (χ0n) is 24.5. The largest absolute Gasteiger partial charge is 0.512 e. The fourth-order valence-electron chi connectivity index (χ4n) is 5.77. The van der Waals surface area contributed by atoms with Gasteiger partial charge in [-0.25, -0.2) is 8.42 Å². The highest BCUT2D eigenvalue weighted by molar-refractivity contribution is 9.10. The molecule has 0 radical (unpaired) electrons. The minimum atomic E-state index is -3.81. The Bertz CT molecular complexity index is 1600. The highest BCUT2D eigenvalue weighted by atomic mass is 79.9. The van der Waals surface area contributed by atoms with Gasteiger partial charge in [-0.3, -0.25) is 4.79 Å². The number of anilines is 1. The van der Waals surface area contributed by atoms with Crippen LogP contribution in [-0.2, 0) is 28.7 Å². The minimum Gasteiger partial charge on any atom is -0.398 e. The van der Waals surface area contributed by atoms with Crippen molar-refractivity contribution < 1.29 is 27.3 Å². The summed E-state index contributed by atoms with van der Waals surface area (Å²) in [6.07, 6.45) is 1.89. The second kappa shape index (κ2) is 11.0. The van der Waals surface area contributed by atoms with E-state index in [0.29, 0.717) is 13.2 Å². The van der Waals surface area contributed by atoms with E-state index in [1.165, 1.54) is 0 Å². The van der Waals surface area contributed by atoms with E-state index >= 15 is 0 Å². The van der Waals surface area contributed by atoms with Gasteiger partial charge in [0.15, 0.2) is 9.84 Å². The molecular weight excluding hydrogens is 621 g/mol. The smallest absolute Gasteiger partial charge is 0.398 e. The molecule has 1 atom stereocenters. The Balaban J connectivity index is 1.13. The molecule has 0 aliphatic carbocycles. The molecule has 4 heterocycles. The molecule has 2 aromatic carbocycles. The first-order valence-electron chi connectivity index (χ1n) is 14.5. The predicted molar refractivity (Wildman–Crippen MR) is 167 cm³/mol. The van der Waals surface area contributed by atoms with Crippen LogP contribution in [-0.4, -0.2) is 81.1 Å². The molecule has 224 valence electrons. The first kappa shape index (κ1) is 29.7. The highest BCUT2D eigenvalue weighted by Crippen LogP contribution is 2.37. The number of aromatic nitrogens is 1. The van der Waals surface area contributed by atoms with Crippen molar-refractivity contribution in [3.05, 3.63) is 52.5 Å².